The summed E-state index contributed by atoms with van der Waals surface area (Å²) in [5, 5.41) is 2.84. The van der Waals surface area contributed by atoms with E-state index < -0.39 is 11.8 Å². The summed E-state index contributed by atoms with van der Waals surface area (Å²) >= 11 is 6.22. The molecule has 0 aliphatic carbocycles. The first-order valence-corrected chi connectivity index (χ1v) is 11.3. The standard InChI is InChI=1S/C25H26ClN3O3/c1-17-7-6-13-28(16-17)23(30)19-10-5-11-20(15-19)27-22-21(26)24(31)29(25(22)32)14-12-18-8-3-2-4-9-18/h2-5,8-11,15,17,27H,6-7,12-14,16H2,1H3/t17-/m0/s1. The lowest BCUT2D eigenvalue weighted by molar-refractivity contribution is -0.137. The molecule has 0 aromatic heterocycles. The number of nitrogens with zero attached hydrogens (tertiary/aromatic N) is 2. The van der Waals surface area contributed by atoms with Crippen molar-refractivity contribution < 1.29 is 14.4 Å². The number of rotatable bonds is 6. The van der Waals surface area contributed by atoms with Gasteiger partial charge in [0.05, 0.1) is 0 Å². The Labute approximate surface area is 192 Å². The first kappa shape index (κ1) is 22.1. The fraction of sp³-hybridized carbons (Fsp3) is 0.320. The second-order valence-corrected chi connectivity index (χ2v) is 8.77. The van der Waals surface area contributed by atoms with Gasteiger partial charge in [0, 0.05) is 30.9 Å². The number of amides is 3. The number of hydrogen-bond acceptors (Lipinski definition) is 4. The monoisotopic (exact) mass is 451 g/mol. The molecule has 3 amide bonds. The van der Waals surface area contributed by atoms with Gasteiger partial charge in [-0.25, -0.2) is 0 Å². The molecule has 7 heteroatoms. The van der Waals surface area contributed by atoms with Gasteiger partial charge >= 0.3 is 0 Å². The molecule has 0 radical (unpaired) electrons. The van der Waals surface area contributed by atoms with Crippen LogP contribution in [0.4, 0.5) is 5.69 Å². The third-order valence-electron chi connectivity index (χ3n) is 5.90. The van der Waals surface area contributed by atoms with Crippen molar-refractivity contribution in [3.63, 3.8) is 0 Å². The predicted molar refractivity (Wildman–Crippen MR) is 124 cm³/mol. The number of anilines is 1. The number of likely N-dealkylation sites (tertiary alicyclic amines) is 1. The molecule has 1 N–H and O–H groups in total. The summed E-state index contributed by atoms with van der Waals surface area (Å²) in [6.45, 7) is 3.89. The van der Waals surface area contributed by atoms with Crippen LogP contribution < -0.4 is 5.32 Å². The molecule has 32 heavy (non-hydrogen) atoms. The minimum absolute atomic E-state index is 0.0291. The highest BCUT2D eigenvalue weighted by molar-refractivity contribution is 6.48. The number of nitrogens with one attached hydrogen (secondary N) is 1. The molecule has 4 rings (SSSR count). The van der Waals surface area contributed by atoms with Crippen LogP contribution in [-0.4, -0.2) is 47.2 Å². The zero-order valence-corrected chi connectivity index (χ0v) is 18.8. The predicted octanol–water partition coefficient (Wildman–Crippen LogP) is 4.03. The van der Waals surface area contributed by atoms with Gasteiger partial charge in [-0.05, 0) is 48.9 Å². The summed E-state index contributed by atoms with van der Waals surface area (Å²) in [4.78, 5) is 41.4. The molecule has 166 valence electrons. The summed E-state index contributed by atoms with van der Waals surface area (Å²) in [6.07, 6.45) is 2.69. The molecule has 2 aromatic carbocycles. The van der Waals surface area contributed by atoms with Crippen molar-refractivity contribution in [2.24, 2.45) is 5.92 Å². The fourth-order valence-corrected chi connectivity index (χ4v) is 4.40. The zero-order valence-electron chi connectivity index (χ0n) is 18.0. The Kier molecular flexibility index (Phi) is 6.61. The number of piperidine rings is 1. The molecule has 1 fully saturated rings. The molecule has 0 saturated carbocycles. The number of hydrogen-bond donors (Lipinski definition) is 1. The zero-order chi connectivity index (χ0) is 22.7. The molecule has 0 spiro atoms. The molecule has 2 aliphatic rings. The van der Waals surface area contributed by atoms with E-state index in [2.05, 4.69) is 12.2 Å². The Hall–Kier alpha value is -3.12. The van der Waals surface area contributed by atoms with Crippen molar-refractivity contribution >= 4 is 35.0 Å². The highest BCUT2D eigenvalue weighted by Gasteiger charge is 2.37. The van der Waals surface area contributed by atoms with Gasteiger partial charge in [-0.3, -0.25) is 19.3 Å². The number of halogens is 1. The van der Waals surface area contributed by atoms with Gasteiger partial charge in [0.1, 0.15) is 10.7 Å². The van der Waals surface area contributed by atoms with E-state index in [0.717, 1.165) is 36.4 Å². The number of benzene rings is 2. The second kappa shape index (κ2) is 9.57. The van der Waals surface area contributed by atoms with E-state index in [-0.39, 0.29) is 23.2 Å². The lowest BCUT2D eigenvalue weighted by atomic mass is 9.99. The van der Waals surface area contributed by atoms with Crippen molar-refractivity contribution in [1.82, 2.24) is 9.80 Å². The van der Waals surface area contributed by atoms with Crippen molar-refractivity contribution in [2.45, 2.75) is 26.2 Å². The molecule has 2 heterocycles. The minimum atomic E-state index is -0.510. The summed E-state index contributed by atoms with van der Waals surface area (Å²) < 4.78 is 0. The van der Waals surface area contributed by atoms with Crippen LogP contribution in [0.5, 0.6) is 0 Å². The average Bonchev–Trinajstić information content (AvgIpc) is 3.01. The van der Waals surface area contributed by atoms with Crippen LogP contribution in [0.3, 0.4) is 0 Å². The lowest BCUT2D eigenvalue weighted by Gasteiger charge is -2.31. The second-order valence-electron chi connectivity index (χ2n) is 8.39. The fourth-order valence-electron chi connectivity index (χ4n) is 4.17. The van der Waals surface area contributed by atoms with E-state index >= 15 is 0 Å². The highest BCUT2D eigenvalue weighted by Crippen LogP contribution is 2.27. The molecule has 2 aromatic rings. The SMILES string of the molecule is C[C@H]1CCCN(C(=O)c2cccc(NC3=C(Cl)C(=O)N(CCc4ccccc4)C3=O)c2)C1. The van der Waals surface area contributed by atoms with Gasteiger partial charge in [0.15, 0.2) is 0 Å². The van der Waals surface area contributed by atoms with Gasteiger partial charge in [-0.1, -0.05) is 54.9 Å². The Bertz CT molecular complexity index is 1070. The number of carbonyl (C=O) groups excluding carboxylic acids is 3. The maximum Gasteiger partial charge on any atom is 0.278 e. The van der Waals surface area contributed by atoms with Gasteiger partial charge in [0.25, 0.3) is 17.7 Å². The normalized spacial score (nSPS) is 19.0. The summed E-state index contributed by atoms with van der Waals surface area (Å²) in [7, 11) is 0. The quantitative estimate of drug-likeness (QED) is 0.673. The van der Waals surface area contributed by atoms with Crippen LogP contribution in [0.15, 0.2) is 65.3 Å². The summed E-state index contributed by atoms with van der Waals surface area (Å²) in [6, 6.07) is 16.6. The molecule has 0 bridgehead atoms. The molecular weight excluding hydrogens is 426 g/mol. The van der Waals surface area contributed by atoms with Crippen LogP contribution in [0.25, 0.3) is 0 Å². The van der Waals surface area contributed by atoms with Crippen LogP contribution in [0, 0.1) is 5.92 Å². The van der Waals surface area contributed by atoms with E-state index in [1.807, 2.05) is 35.2 Å². The average molecular weight is 452 g/mol. The maximum atomic E-state index is 12.9. The van der Waals surface area contributed by atoms with Gasteiger partial charge in [-0.15, -0.1) is 0 Å². The minimum Gasteiger partial charge on any atom is -0.350 e. The molecule has 2 aliphatic heterocycles. The first-order valence-electron chi connectivity index (χ1n) is 10.9. The van der Waals surface area contributed by atoms with E-state index in [0.29, 0.717) is 23.6 Å². The molecular formula is C25H26ClN3O3. The summed E-state index contributed by atoms with van der Waals surface area (Å²) in [5.41, 5.74) is 2.16. The molecule has 0 unspecified atom stereocenters. The smallest absolute Gasteiger partial charge is 0.278 e. The van der Waals surface area contributed by atoms with Crippen LogP contribution in [0.1, 0.15) is 35.7 Å². The van der Waals surface area contributed by atoms with E-state index in [9.17, 15) is 14.4 Å². The third kappa shape index (κ3) is 4.70. The topological polar surface area (TPSA) is 69.7 Å². The van der Waals surface area contributed by atoms with Crippen LogP contribution >= 0.6 is 11.6 Å². The Morgan fingerprint density at radius 2 is 1.88 bits per heavy atom. The van der Waals surface area contributed by atoms with Gasteiger partial charge < -0.3 is 10.2 Å². The third-order valence-corrected chi connectivity index (χ3v) is 6.25. The number of imide groups is 1. The van der Waals surface area contributed by atoms with E-state index in [1.54, 1.807) is 24.3 Å². The van der Waals surface area contributed by atoms with Crippen LogP contribution in [-0.2, 0) is 16.0 Å². The Balaban J connectivity index is 1.45. The van der Waals surface area contributed by atoms with Crippen molar-refractivity contribution in [3.05, 3.63) is 76.5 Å². The summed E-state index contributed by atoms with van der Waals surface area (Å²) in [5.74, 6) is -0.511. The molecule has 1 atom stereocenters. The van der Waals surface area contributed by atoms with Crippen molar-refractivity contribution in [3.8, 4) is 0 Å². The molecule has 6 nitrogen and oxygen atoms in total. The van der Waals surface area contributed by atoms with Gasteiger partial charge in [0.2, 0.25) is 0 Å². The Morgan fingerprint density at radius 1 is 1.09 bits per heavy atom. The van der Waals surface area contributed by atoms with Gasteiger partial charge in [-0.2, -0.15) is 0 Å². The molecule has 1 saturated heterocycles. The first-order chi connectivity index (χ1) is 15.4. The largest absolute Gasteiger partial charge is 0.350 e. The Morgan fingerprint density at radius 3 is 2.62 bits per heavy atom. The maximum absolute atomic E-state index is 12.9. The van der Waals surface area contributed by atoms with Crippen LogP contribution in [0.2, 0.25) is 0 Å². The highest BCUT2D eigenvalue weighted by atomic mass is 35.5. The van der Waals surface area contributed by atoms with Crippen molar-refractivity contribution in [1.29, 1.82) is 0 Å². The van der Waals surface area contributed by atoms with E-state index in [4.69, 9.17) is 11.6 Å². The van der Waals surface area contributed by atoms with E-state index in [1.165, 1.54) is 0 Å². The van der Waals surface area contributed by atoms with Crippen molar-refractivity contribution in [2.75, 3.05) is 25.0 Å². The lowest BCUT2D eigenvalue weighted by Crippen LogP contribution is -2.39. The number of carbonyl (C=O) groups is 3.